The van der Waals surface area contributed by atoms with Crippen molar-refractivity contribution < 1.29 is 9.84 Å². The van der Waals surface area contributed by atoms with Crippen molar-refractivity contribution in [3.8, 4) is 5.88 Å². The third-order valence-corrected chi connectivity index (χ3v) is 3.98. The van der Waals surface area contributed by atoms with Crippen LogP contribution in [0.1, 0.15) is 42.8 Å². The summed E-state index contributed by atoms with van der Waals surface area (Å²) in [4.78, 5) is 13.2. The highest BCUT2D eigenvalue weighted by atomic mass is 16.5. The van der Waals surface area contributed by atoms with E-state index in [0.29, 0.717) is 24.9 Å². The molecule has 0 unspecified atom stereocenters. The zero-order chi connectivity index (χ0) is 16.2. The minimum atomic E-state index is -0.184. The van der Waals surface area contributed by atoms with Crippen molar-refractivity contribution in [2.24, 2.45) is 0 Å². The fraction of sp³-hybridized carbons (Fsp3) is 0.471. The number of hydrogen-bond acceptors (Lipinski definition) is 6. The normalized spacial score (nSPS) is 20.0. The number of hydrogen-bond donors (Lipinski definition) is 2. The van der Waals surface area contributed by atoms with Gasteiger partial charge in [-0.3, -0.25) is 0 Å². The van der Waals surface area contributed by atoms with Crippen molar-refractivity contribution in [1.82, 2.24) is 15.0 Å². The molecule has 0 saturated heterocycles. The van der Waals surface area contributed by atoms with Gasteiger partial charge in [-0.15, -0.1) is 0 Å². The number of pyridine rings is 1. The molecule has 0 aliphatic heterocycles. The van der Waals surface area contributed by atoms with Gasteiger partial charge in [-0.05, 0) is 32.8 Å². The van der Waals surface area contributed by atoms with Crippen LogP contribution in [0.25, 0.3) is 0 Å². The molecule has 122 valence electrons. The Morgan fingerprint density at radius 3 is 2.91 bits per heavy atom. The second-order valence-corrected chi connectivity index (χ2v) is 5.80. The number of aromatic nitrogens is 3. The largest absolute Gasteiger partial charge is 0.478 e. The minimum absolute atomic E-state index is 0.184. The number of aliphatic hydroxyl groups excluding tert-OH is 1. The van der Waals surface area contributed by atoms with E-state index in [-0.39, 0.29) is 6.10 Å². The van der Waals surface area contributed by atoms with Gasteiger partial charge in [-0.1, -0.05) is 6.07 Å². The predicted octanol–water partition coefficient (Wildman–Crippen LogP) is 2.43. The Morgan fingerprint density at radius 1 is 1.35 bits per heavy atom. The molecule has 6 heteroatoms. The third kappa shape index (κ3) is 3.76. The summed E-state index contributed by atoms with van der Waals surface area (Å²) in [6.07, 6.45) is 3.11. The lowest BCUT2D eigenvalue weighted by atomic mass is 9.80. The number of nitrogens with zero attached hydrogens (tertiary/aromatic N) is 3. The molecule has 0 radical (unpaired) electrons. The average molecular weight is 314 g/mol. The molecular weight excluding hydrogens is 292 g/mol. The summed E-state index contributed by atoms with van der Waals surface area (Å²) in [5.74, 6) is 2.52. The Balaban J connectivity index is 1.71. The molecule has 2 heterocycles. The molecule has 0 aromatic carbocycles. The van der Waals surface area contributed by atoms with E-state index in [1.807, 2.05) is 32.0 Å². The molecule has 1 aliphatic rings. The van der Waals surface area contributed by atoms with Crippen LogP contribution in [-0.4, -0.2) is 32.8 Å². The fourth-order valence-electron chi connectivity index (χ4n) is 2.73. The summed E-state index contributed by atoms with van der Waals surface area (Å²) < 4.78 is 5.54. The van der Waals surface area contributed by atoms with E-state index in [1.54, 1.807) is 6.20 Å². The van der Waals surface area contributed by atoms with E-state index in [4.69, 9.17) is 4.74 Å². The lowest BCUT2D eigenvalue weighted by molar-refractivity contribution is 0.0731. The SMILES string of the molecule is CCOc1ncccc1CNc1cc(C2CC(O)C2)nc(C)n1. The van der Waals surface area contributed by atoms with Crippen LogP contribution in [0.3, 0.4) is 0 Å². The van der Waals surface area contributed by atoms with E-state index in [2.05, 4.69) is 20.3 Å². The van der Waals surface area contributed by atoms with Crippen LogP contribution in [0.5, 0.6) is 5.88 Å². The summed E-state index contributed by atoms with van der Waals surface area (Å²) in [6, 6.07) is 5.86. The molecule has 0 bridgehead atoms. The van der Waals surface area contributed by atoms with Crippen LogP contribution in [0, 0.1) is 6.92 Å². The van der Waals surface area contributed by atoms with Crippen LogP contribution in [0.4, 0.5) is 5.82 Å². The molecule has 0 amide bonds. The number of ether oxygens (including phenoxy) is 1. The number of aryl methyl sites for hydroxylation is 1. The highest BCUT2D eigenvalue weighted by molar-refractivity contribution is 5.40. The van der Waals surface area contributed by atoms with Crippen LogP contribution in [-0.2, 0) is 6.54 Å². The number of aliphatic hydroxyl groups is 1. The lowest BCUT2D eigenvalue weighted by Crippen LogP contribution is -2.27. The van der Waals surface area contributed by atoms with E-state index >= 15 is 0 Å². The van der Waals surface area contributed by atoms with Crippen molar-refractivity contribution in [1.29, 1.82) is 0 Å². The molecule has 6 nitrogen and oxygen atoms in total. The van der Waals surface area contributed by atoms with Gasteiger partial charge >= 0.3 is 0 Å². The van der Waals surface area contributed by atoms with E-state index < -0.39 is 0 Å². The topological polar surface area (TPSA) is 80.2 Å². The summed E-state index contributed by atoms with van der Waals surface area (Å²) in [7, 11) is 0. The maximum atomic E-state index is 9.47. The summed E-state index contributed by atoms with van der Waals surface area (Å²) in [5, 5.41) is 12.8. The van der Waals surface area contributed by atoms with Crippen LogP contribution in [0.15, 0.2) is 24.4 Å². The van der Waals surface area contributed by atoms with Crippen molar-refractivity contribution in [3.63, 3.8) is 0 Å². The van der Waals surface area contributed by atoms with Gasteiger partial charge in [-0.2, -0.15) is 0 Å². The molecule has 1 fully saturated rings. The quantitative estimate of drug-likeness (QED) is 0.852. The third-order valence-electron chi connectivity index (χ3n) is 3.98. The first-order valence-electron chi connectivity index (χ1n) is 8.00. The zero-order valence-electron chi connectivity index (χ0n) is 13.5. The highest BCUT2D eigenvalue weighted by Crippen LogP contribution is 2.36. The van der Waals surface area contributed by atoms with Gasteiger partial charge in [0.2, 0.25) is 5.88 Å². The van der Waals surface area contributed by atoms with Gasteiger partial charge in [0.1, 0.15) is 11.6 Å². The van der Waals surface area contributed by atoms with Crippen molar-refractivity contribution in [2.45, 2.75) is 45.3 Å². The number of nitrogens with one attached hydrogen (secondary N) is 1. The first-order chi connectivity index (χ1) is 11.2. The molecule has 1 aliphatic carbocycles. The molecule has 3 rings (SSSR count). The van der Waals surface area contributed by atoms with E-state index in [9.17, 15) is 5.11 Å². The molecule has 2 aromatic rings. The van der Waals surface area contributed by atoms with Gasteiger partial charge in [-0.25, -0.2) is 15.0 Å². The van der Waals surface area contributed by atoms with Crippen LogP contribution in [0.2, 0.25) is 0 Å². The second kappa shape index (κ2) is 6.91. The molecule has 2 aromatic heterocycles. The molecule has 23 heavy (non-hydrogen) atoms. The number of anilines is 1. The maximum Gasteiger partial charge on any atom is 0.218 e. The van der Waals surface area contributed by atoms with Gasteiger partial charge < -0.3 is 15.2 Å². The van der Waals surface area contributed by atoms with E-state index in [0.717, 1.165) is 35.7 Å². The first kappa shape index (κ1) is 15.7. The fourth-order valence-corrected chi connectivity index (χ4v) is 2.73. The van der Waals surface area contributed by atoms with E-state index in [1.165, 1.54) is 0 Å². The van der Waals surface area contributed by atoms with Crippen molar-refractivity contribution in [2.75, 3.05) is 11.9 Å². The molecule has 0 spiro atoms. The Bertz CT molecular complexity index is 671. The monoisotopic (exact) mass is 314 g/mol. The Labute approximate surface area is 136 Å². The van der Waals surface area contributed by atoms with Gasteiger partial charge in [0.05, 0.1) is 12.7 Å². The zero-order valence-corrected chi connectivity index (χ0v) is 13.5. The van der Waals surface area contributed by atoms with Crippen LogP contribution < -0.4 is 10.1 Å². The van der Waals surface area contributed by atoms with Crippen molar-refractivity contribution >= 4 is 5.82 Å². The minimum Gasteiger partial charge on any atom is -0.478 e. The standard InChI is InChI=1S/C17H22N4O2/c1-3-23-17-12(5-4-6-18-17)10-19-16-9-15(20-11(2)21-16)13-7-14(22)8-13/h4-6,9,13-14,22H,3,7-8,10H2,1-2H3,(H,19,20,21). The highest BCUT2D eigenvalue weighted by Gasteiger charge is 2.30. The molecule has 2 N–H and O–H groups in total. The van der Waals surface area contributed by atoms with Crippen LogP contribution >= 0.6 is 0 Å². The summed E-state index contributed by atoms with van der Waals surface area (Å²) in [5.41, 5.74) is 1.99. The van der Waals surface area contributed by atoms with Gasteiger partial charge in [0.25, 0.3) is 0 Å². The Kier molecular flexibility index (Phi) is 4.71. The summed E-state index contributed by atoms with van der Waals surface area (Å²) in [6.45, 7) is 5.01. The Hall–Kier alpha value is -2.21. The summed E-state index contributed by atoms with van der Waals surface area (Å²) >= 11 is 0. The Morgan fingerprint density at radius 2 is 2.17 bits per heavy atom. The van der Waals surface area contributed by atoms with Gasteiger partial charge in [0.15, 0.2) is 0 Å². The number of rotatable bonds is 6. The van der Waals surface area contributed by atoms with Crippen molar-refractivity contribution in [3.05, 3.63) is 41.5 Å². The average Bonchev–Trinajstić information content (AvgIpc) is 2.51. The molecule has 0 atom stereocenters. The molecular formula is C17H22N4O2. The van der Waals surface area contributed by atoms with Gasteiger partial charge in [0, 0.05) is 36.0 Å². The first-order valence-corrected chi connectivity index (χ1v) is 8.00. The maximum absolute atomic E-state index is 9.47. The second-order valence-electron chi connectivity index (χ2n) is 5.80. The lowest BCUT2D eigenvalue weighted by Gasteiger charge is -2.31. The smallest absolute Gasteiger partial charge is 0.218 e. The predicted molar refractivity (Wildman–Crippen MR) is 87.5 cm³/mol. The molecule has 1 saturated carbocycles.